The van der Waals surface area contributed by atoms with Crippen molar-refractivity contribution in [1.82, 2.24) is 19.7 Å². The first-order valence-corrected chi connectivity index (χ1v) is 12.5. The number of rotatable bonds is 7. The van der Waals surface area contributed by atoms with Crippen molar-refractivity contribution in [2.75, 3.05) is 26.3 Å². The molecule has 0 bridgehead atoms. The van der Waals surface area contributed by atoms with Crippen molar-refractivity contribution in [2.24, 2.45) is 0 Å². The van der Waals surface area contributed by atoms with Gasteiger partial charge in [0, 0.05) is 30.8 Å². The van der Waals surface area contributed by atoms with Crippen LogP contribution in [0.1, 0.15) is 27.3 Å². The van der Waals surface area contributed by atoms with Gasteiger partial charge in [0.1, 0.15) is 11.6 Å². The predicted octanol–water partition coefficient (Wildman–Crippen LogP) is 4.76. The summed E-state index contributed by atoms with van der Waals surface area (Å²) in [4.78, 5) is 14.5. The third kappa shape index (κ3) is 5.44. The van der Waals surface area contributed by atoms with Crippen LogP contribution in [0, 0.1) is 5.82 Å². The Hall–Kier alpha value is -3.49. The van der Waals surface area contributed by atoms with Gasteiger partial charge in [0.2, 0.25) is 0 Å². The molecule has 4 aromatic rings. The minimum absolute atomic E-state index is 0.0253. The largest absolute Gasteiger partial charge is 0.378 e. The van der Waals surface area contributed by atoms with Crippen molar-refractivity contribution in [3.05, 3.63) is 107 Å². The molecule has 0 aliphatic carbocycles. The van der Waals surface area contributed by atoms with E-state index < -0.39 is 0 Å². The number of para-hydroxylation sites is 1. The van der Waals surface area contributed by atoms with Gasteiger partial charge in [0.05, 0.1) is 18.9 Å². The maximum absolute atomic E-state index is 14.8. The monoisotopic (exact) mass is 488 g/mol. The first-order valence-electron chi connectivity index (χ1n) is 11.5. The van der Waals surface area contributed by atoms with Crippen LogP contribution in [0.25, 0.3) is 5.69 Å². The van der Waals surface area contributed by atoms with E-state index in [1.807, 2.05) is 65.6 Å². The summed E-state index contributed by atoms with van der Waals surface area (Å²) >= 11 is 1.49. The van der Waals surface area contributed by atoms with Gasteiger partial charge in [0.15, 0.2) is 5.16 Å². The van der Waals surface area contributed by atoms with Gasteiger partial charge in [-0.15, -0.1) is 10.2 Å². The summed E-state index contributed by atoms with van der Waals surface area (Å²) in [5.41, 5.74) is 3.22. The first-order chi connectivity index (χ1) is 17.2. The van der Waals surface area contributed by atoms with Crippen LogP contribution in [-0.2, 0) is 16.9 Å². The Morgan fingerprint density at radius 1 is 0.886 bits per heavy atom. The summed E-state index contributed by atoms with van der Waals surface area (Å²) in [7, 11) is 0. The van der Waals surface area contributed by atoms with Gasteiger partial charge in [-0.3, -0.25) is 9.36 Å². The fourth-order valence-electron chi connectivity index (χ4n) is 4.00. The molecule has 0 spiro atoms. The highest BCUT2D eigenvalue weighted by molar-refractivity contribution is 7.98. The van der Waals surface area contributed by atoms with Crippen molar-refractivity contribution in [1.29, 1.82) is 0 Å². The molecule has 1 aliphatic heterocycles. The molecular weight excluding hydrogens is 463 g/mol. The minimum Gasteiger partial charge on any atom is -0.378 e. The maximum Gasteiger partial charge on any atom is 0.254 e. The fraction of sp³-hybridized carbons (Fsp3) is 0.222. The molecule has 0 N–H and O–H groups in total. The lowest BCUT2D eigenvalue weighted by atomic mass is 10.1. The van der Waals surface area contributed by atoms with Crippen molar-refractivity contribution in [2.45, 2.75) is 17.3 Å². The second kappa shape index (κ2) is 10.8. The van der Waals surface area contributed by atoms with Gasteiger partial charge in [0.25, 0.3) is 5.91 Å². The van der Waals surface area contributed by atoms with E-state index in [1.54, 1.807) is 16.7 Å². The van der Waals surface area contributed by atoms with E-state index in [4.69, 9.17) is 4.74 Å². The van der Waals surface area contributed by atoms with Crippen LogP contribution in [0.3, 0.4) is 0 Å². The number of carbonyl (C=O) groups is 1. The first kappa shape index (κ1) is 23.3. The molecule has 1 amide bonds. The van der Waals surface area contributed by atoms with Gasteiger partial charge >= 0.3 is 0 Å². The van der Waals surface area contributed by atoms with E-state index in [9.17, 15) is 9.18 Å². The highest BCUT2D eigenvalue weighted by atomic mass is 32.2. The summed E-state index contributed by atoms with van der Waals surface area (Å²) in [6.45, 7) is 2.39. The van der Waals surface area contributed by atoms with Crippen molar-refractivity contribution in [3.63, 3.8) is 0 Å². The van der Waals surface area contributed by atoms with Crippen molar-refractivity contribution < 1.29 is 13.9 Å². The Bertz CT molecular complexity index is 1290. The smallest absolute Gasteiger partial charge is 0.254 e. The highest BCUT2D eigenvalue weighted by Crippen LogP contribution is 2.27. The average Bonchev–Trinajstić information content (AvgIpc) is 3.30. The van der Waals surface area contributed by atoms with E-state index >= 15 is 0 Å². The zero-order valence-electron chi connectivity index (χ0n) is 19.1. The van der Waals surface area contributed by atoms with E-state index in [1.165, 1.54) is 17.8 Å². The molecular formula is C27H25FN4O2S. The van der Waals surface area contributed by atoms with Crippen LogP contribution in [-0.4, -0.2) is 51.9 Å². The number of hydrogen-bond acceptors (Lipinski definition) is 5. The number of halogens is 1. The zero-order valence-corrected chi connectivity index (χ0v) is 20.0. The van der Waals surface area contributed by atoms with Gasteiger partial charge in [-0.1, -0.05) is 66.4 Å². The number of nitrogens with zero attached hydrogens (tertiary/aromatic N) is 4. The second-order valence-corrected chi connectivity index (χ2v) is 9.18. The van der Waals surface area contributed by atoms with E-state index in [-0.39, 0.29) is 11.7 Å². The summed E-state index contributed by atoms with van der Waals surface area (Å²) in [6, 6.07) is 24.2. The zero-order chi connectivity index (χ0) is 24.0. The molecule has 8 heteroatoms. The van der Waals surface area contributed by atoms with E-state index in [0.29, 0.717) is 60.7 Å². The Kier molecular flexibility index (Phi) is 7.20. The summed E-state index contributed by atoms with van der Waals surface area (Å²) in [5, 5.41) is 9.40. The van der Waals surface area contributed by atoms with Crippen LogP contribution in [0.5, 0.6) is 0 Å². The van der Waals surface area contributed by atoms with Crippen molar-refractivity contribution >= 4 is 17.7 Å². The predicted molar refractivity (Wildman–Crippen MR) is 133 cm³/mol. The summed E-state index contributed by atoms with van der Waals surface area (Å²) < 4.78 is 21.9. The second-order valence-electron chi connectivity index (χ2n) is 8.24. The van der Waals surface area contributed by atoms with Crippen LogP contribution in [0.2, 0.25) is 0 Å². The SMILES string of the molecule is O=C(c1ccc(CSc2nnc(Cc3ccccc3)n2-c2ccccc2F)cc1)N1CCOCC1. The Balaban J connectivity index is 1.34. The lowest BCUT2D eigenvalue weighted by Crippen LogP contribution is -2.40. The third-order valence-corrected chi connectivity index (χ3v) is 6.87. The molecule has 178 valence electrons. The van der Waals surface area contributed by atoms with Crippen LogP contribution in [0.15, 0.2) is 84.0 Å². The molecule has 0 saturated carbocycles. The average molecular weight is 489 g/mol. The molecule has 0 unspecified atom stereocenters. The van der Waals surface area contributed by atoms with E-state index in [0.717, 1.165) is 11.1 Å². The molecule has 2 heterocycles. The lowest BCUT2D eigenvalue weighted by molar-refractivity contribution is 0.0303. The molecule has 1 fully saturated rings. The van der Waals surface area contributed by atoms with Crippen LogP contribution < -0.4 is 0 Å². The number of hydrogen-bond donors (Lipinski definition) is 0. The Labute approximate surface area is 207 Å². The summed E-state index contributed by atoms with van der Waals surface area (Å²) in [5.74, 6) is 0.992. The number of thioether (sulfide) groups is 1. The Morgan fingerprint density at radius 3 is 2.34 bits per heavy atom. The quantitative estimate of drug-likeness (QED) is 0.351. The van der Waals surface area contributed by atoms with Crippen LogP contribution in [0.4, 0.5) is 4.39 Å². The molecule has 0 atom stereocenters. The molecule has 5 rings (SSSR count). The van der Waals surface area contributed by atoms with Crippen molar-refractivity contribution in [3.8, 4) is 5.69 Å². The van der Waals surface area contributed by atoms with Gasteiger partial charge in [-0.2, -0.15) is 0 Å². The molecule has 1 aromatic heterocycles. The number of amides is 1. The molecule has 1 aliphatic rings. The van der Waals surface area contributed by atoms with Crippen LogP contribution >= 0.6 is 11.8 Å². The molecule has 6 nitrogen and oxygen atoms in total. The van der Waals surface area contributed by atoms with Gasteiger partial charge in [-0.25, -0.2) is 4.39 Å². The van der Waals surface area contributed by atoms with E-state index in [2.05, 4.69) is 10.2 Å². The van der Waals surface area contributed by atoms with Gasteiger partial charge in [-0.05, 0) is 35.4 Å². The number of aromatic nitrogens is 3. The number of morpholine rings is 1. The number of carbonyl (C=O) groups excluding carboxylic acids is 1. The minimum atomic E-state index is -0.325. The molecule has 3 aromatic carbocycles. The normalized spacial score (nSPS) is 13.7. The highest BCUT2D eigenvalue weighted by Gasteiger charge is 2.19. The van der Waals surface area contributed by atoms with Gasteiger partial charge < -0.3 is 9.64 Å². The molecule has 35 heavy (non-hydrogen) atoms. The Morgan fingerprint density at radius 2 is 1.60 bits per heavy atom. The molecule has 0 radical (unpaired) electrons. The topological polar surface area (TPSA) is 60.2 Å². The lowest BCUT2D eigenvalue weighted by Gasteiger charge is -2.26. The third-order valence-electron chi connectivity index (χ3n) is 5.87. The maximum atomic E-state index is 14.8. The molecule has 1 saturated heterocycles. The fourth-order valence-corrected chi connectivity index (χ4v) is 4.92. The standard InChI is InChI=1S/C27H25FN4O2S/c28-23-8-4-5-9-24(23)32-25(18-20-6-2-1-3-7-20)29-30-27(32)35-19-21-10-12-22(13-11-21)26(33)31-14-16-34-17-15-31/h1-13H,14-19H2. The number of benzene rings is 3. The summed E-state index contributed by atoms with van der Waals surface area (Å²) in [6.07, 6.45) is 0.543. The number of ether oxygens (including phenoxy) is 1.